The van der Waals surface area contributed by atoms with Crippen LogP contribution in [0.15, 0.2) is 57.0 Å². The van der Waals surface area contributed by atoms with Crippen LogP contribution in [0.2, 0.25) is 0 Å². The fraction of sp³-hybridized carbons (Fsp3) is 0.300. The molecule has 0 bridgehead atoms. The summed E-state index contributed by atoms with van der Waals surface area (Å²) in [5.74, 6) is 1.31. The molecule has 1 N–H and O–H groups in total. The fourth-order valence-corrected chi connectivity index (χ4v) is 4.08. The molecule has 1 aliphatic heterocycles. The number of H-pyrrole nitrogens is 1. The van der Waals surface area contributed by atoms with Crippen LogP contribution in [0.3, 0.4) is 0 Å². The Morgan fingerprint density at radius 3 is 2.82 bits per heavy atom. The second-order valence-corrected chi connectivity index (χ2v) is 7.51. The molecule has 1 aromatic carbocycles. The Balaban J connectivity index is 2.01. The summed E-state index contributed by atoms with van der Waals surface area (Å²) in [4.78, 5) is 30.5. The van der Waals surface area contributed by atoms with E-state index in [2.05, 4.69) is 17.0 Å². The summed E-state index contributed by atoms with van der Waals surface area (Å²) >= 11 is 1.48. The monoisotopic (exact) mass is 397 g/mol. The number of furan rings is 1. The molecule has 0 saturated heterocycles. The largest absolute Gasteiger partial charge is 0.460 e. The number of hydrogen-bond donors (Lipinski definition) is 1. The average Bonchev–Trinajstić information content (AvgIpc) is 3.24. The van der Waals surface area contributed by atoms with Crippen molar-refractivity contribution in [2.75, 3.05) is 10.7 Å². The molecule has 3 aromatic rings. The summed E-state index contributed by atoms with van der Waals surface area (Å²) in [7, 11) is 0. The Morgan fingerprint density at radius 2 is 2.11 bits per heavy atom. The maximum atomic E-state index is 13.0. The number of anilines is 1. The van der Waals surface area contributed by atoms with Gasteiger partial charge in [-0.15, -0.1) is 0 Å². The second-order valence-electron chi connectivity index (χ2n) is 6.42. The summed E-state index contributed by atoms with van der Waals surface area (Å²) in [6, 6.07) is 11.0. The van der Waals surface area contributed by atoms with E-state index in [9.17, 15) is 9.59 Å². The zero-order chi connectivity index (χ0) is 19.7. The third-order valence-corrected chi connectivity index (χ3v) is 5.64. The lowest BCUT2D eigenvalue weighted by Crippen LogP contribution is -2.60. The standard InChI is InChI=1S/C20H20N4O3S/c1-3-12-28-20-21-18(26)17-13-8-5-6-9-14(13)23(16(25)4-2)19(24(17)22-20)15-10-7-11-27-15/h5-11,19H,3-4,12H2,1-2H3/p+1/t19-/m1/s1. The first-order valence-electron chi connectivity index (χ1n) is 9.29. The first-order chi connectivity index (χ1) is 13.7. The summed E-state index contributed by atoms with van der Waals surface area (Å²) in [6.45, 7) is 3.89. The minimum Gasteiger partial charge on any atom is -0.460 e. The highest BCUT2D eigenvalue weighted by atomic mass is 32.2. The first-order valence-corrected chi connectivity index (χ1v) is 10.3. The molecule has 3 heterocycles. The maximum Gasteiger partial charge on any atom is 0.325 e. The molecule has 28 heavy (non-hydrogen) atoms. The van der Waals surface area contributed by atoms with E-state index in [-0.39, 0.29) is 11.5 Å². The number of rotatable bonds is 5. The van der Waals surface area contributed by atoms with Crippen molar-refractivity contribution in [1.29, 1.82) is 0 Å². The van der Waals surface area contributed by atoms with Crippen molar-refractivity contribution in [3.63, 3.8) is 0 Å². The lowest BCUT2D eigenvalue weighted by Gasteiger charge is -2.30. The van der Waals surface area contributed by atoms with E-state index in [1.807, 2.05) is 31.2 Å². The van der Waals surface area contributed by atoms with Crippen molar-refractivity contribution in [3.05, 3.63) is 58.8 Å². The molecule has 144 valence electrons. The number of hydrogen-bond acceptors (Lipinski definition) is 5. The summed E-state index contributed by atoms with van der Waals surface area (Å²) in [5.41, 5.74) is 1.53. The highest BCUT2D eigenvalue weighted by molar-refractivity contribution is 7.99. The van der Waals surface area contributed by atoms with Gasteiger partial charge in [-0.05, 0) is 35.4 Å². The quantitative estimate of drug-likeness (QED) is 0.528. The molecule has 1 amide bonds. The van der Waals surface area contributed by atoms with Crippen molar-refractivity contribution in [2.45, 2.75) is 38.0 Å². The Morgan fingerprint density at radius 1 is 1.29 bits per heavy atom. The molecule has 0 fully saturated rings. The number of amides is 1. The number of carbonyl (C=O) groups is 1. The van der Waals surface area contributed by atoms with E-state index in [4.69, 9.17) is 4.42 Å². The predicted molar refractivity (Wildman–Crippen MR) is 106 cm³/mol. The van der Waals surface area contributed by atoms with Crippen LogP contribution in [0.1, 0.15) is 38.6 Å². The topological polar surface area (TPSA) is 83.1 Å². The van der Waals surface area contributed by atoms with Gasteiger partial charge in [0.1, 0.15) is 0 Å². The van der Waals surface area contributed by atoms with E-state index < -0.39 is 6.17 Å². The van der Waals surface area contributed by atoms with Gasteiger partial charge in [-0.2, -0.15) is 0 Å². The smallest absolute Gasteiger partial charge is 0.325 e. The minimum atomic E-state index is -0.657. The number of nitrogens with zero attached hydrogens (tertiary/aromatic N) is 3. The third-order valence-electron chi connectivity index (χ3n) is 4.57. The molecule has 0 unspecified atom stereocenters. The van der Waals surface area contributed by atoms with Crippen LogP contribution in [0.4, 0.5) is 5.69 Å². The van der Waals surface area contributed by atoms with Gasteiger partial charge in [0.25, 0.3) is 0 Å². The Bertz CT molecular complexity index is 1060. The van der Waals surface area contributed by atoms with Crippen LogP contribution in [-0.4, -0.2) is 21.7 Å². The van der Waals surface area contributed by atoms with Crippen molar-refractivity contribution < 1.29 is 13.9 Å². The van der Waals surface area contributed by atoms with Crippen LogP contribution in [0.25, 0.3) is 11.3 Å². The van der Waals surface area contributed by atoms with Gasteiger partial charge in [0.05, 0.1) is 17.5 Å². The molecular weight excluding hydrogens is 376 g/mol. The number of carbonyl (C=O) groups excluding carboxylic acids is 1. The number of thioether (sulfide) groups is 1. The van der Waals surface area contributed by atoms with E-state index in [1.165, 1.54) is 11.8 Å². The van der Waals surface area contributed by atoms with Crippen LogP contribution in [0.5, 0.6) is 0 Å². The lowest BCUT2D eigenvalue weighted by molar-refractivity contribution is -0.764. The maximum absolute atomic E-state index is 13.0. The molecule has 0 spiro atoms. The number of fused-ring (bicyclic) bond motifs is 3. The Labute approximate surface area is 166 Å². The number of aromatic amines is 1. The van der Waals surface area contributed by atoms with E-state index >= 15 is 0 Å². The molecule has 1 aliphatic rings. The van der Waals surface area contributed by atoms with Gasteiger partial charge in [0.2, 0.25) is 11.1 Å². The third kappa shape index (κ3) is 3.03. The molecule has 2 aromatic heterocycles. The molecule has 4 rings (SSSR count). The van der Waals surface area contributed by atoms with Crippen molar-refractivity contribution in [1.82, 2.24) is 10.1 Å². The fourth-order valence-electron chi connectivity index (χ4n) is 3.37. The molecule has 8 heteroatoms. The van der Waals surface area contributed by atoms with Crippen molar-refractivity contribution in [3.8, 4) is 11.3 Å². The molecule has 0 radical (unpaired) electrons. The normalized spacial score (nSPS) is 15.2. The zero-order valence-corrected chi connectivity index (χ0v) is 16.5. The van der Waals surface area contributed by atoms with Gasteiger partial charge in [-0.25, -0.2) is 4.90 Å². The number of benzene rings is 1. The molecular formula is C20H21N4O3S+. The first kappa shape index (κ1) is 18.5. The van der Waals surface area contributed by atoms with Gasteiger partial charge in [0.15, 0.2) is 5.76 Å². The lowest BCUT2D eigenvalue weighted by atomic mass is 10.0. The predicted octanol–water partition coefficient (Wildman–Crippen LogP) is 3.12. The zero-order valence-electron chi connectivity index (χ0n) is 15.7. The van der Waals surface area contributed by atoms with Crippen LogP contribution in [-0.2, 0) is 4.79 Å². The molecule has 0 aliphatic carbocycles. The van der Waals surface area contributed by atoms with Gasteiger partial charge in [0, 0.05) is 17.3 Å². The van der Waals surface area contributed by atoms with E-state index in [0.717, 1.165) is 12.2 Å². The van der Waals surface area contributed by atoms with Crippen molar-refractivity contribution in [2.24, 2.45) is 0 Å². The van der Waals surface area contributed by atoms with Crippen LogP contribution < -0.4 is 15.1 Å². The minimum absolute atomic E-state index is 0.0724. The summed E-state index contributed by atoms with van der Waals surface area (Å²) in [5, 5.41) is 5.21. The highest BCUT2D eigenvalue weighted by Gasteiger charge is 2.46. The summed E-state index contributed by atoms with van der Waals surface area (Å²) < 4.78 is 7.27. The SMILES string of the molecule is CCCSc1n[n+]2c(c(=O)[nH]1)-c1ccccc1N(C(=O)CC)[C@H]2c1ccco1. The number of aromatic nitrogens is 3. The Kier molecular flexibility index (Phi) is 5.04. The highest BCUT2D eigenvalue weighted by Crippen LogP contribution is 2.37. The van der Waals surface area contributed by atoms with Crippen LogP contribution in [0, 0.1) is 0 Å². The Hall–Kier alpha value is -2.87. The number of nitrogens with one attached hydrogen (secondary N) is 1. The number of para-hydroxylation sites is 1. The van der Waals surface area contributed by atoms with Gasteiger partial charge in [-0.1, -0.05) is 37.7 Å². The van der Waals surface area contributed by atoms with Gasteiger partial charge in [-0.3, -0.25) is 14.6 Å². The van der Waals surface area contributed by atoms with Crippen LogP contribution >= 0.6 is 11.8 Å². The average molecular weight is 397 g/mol. The van der Waals surface area contributed by atoms with Gasteiger partial charge < -0.3 is 4.42 Å². The molecule has 1 atom stereocenters. The van der Waals surface area contributed by atoms with E-state index in [1.54, 1.807) is 28.0 Å². The van der Waals surface area contributed by atoms with Crippen molar-refractivity contribution >= 4 is 23.4 Å². The summed E-state index contributed by atoms with van der Waals surface area (Å²) in [6.07, 6.45) is 2.18. The van der Waals surface area contributed by atoms with Gasteiger partial charge >= 0.3 is 17.4 Å². The molecule has 7 nitrogen and oxygen atoms in total. The molecule has 0 saturated carbocycles. The van der Waals surface area contributed by atoms with E-state index in [0.29, 0.717) is 34.3 Å². The second kappa shape index (κ2) is 7.63.